The summed E-state index contributed by atoms with van der Waals surface area (Å²) in [5.74, 6) is 0.267. The number of rotatable bonds is 2. The summed E-state index contributed by atoms with van der Waals surface area (Å²) >= 11 is 0. The molecule has 130 valence electrons. The Labute approximate surface area is 149 Å². The maximum Gasteiger partial charge on any atom is 0.226 e. The third kappa shape index (κ3) is 4.15. The van der Waals surface area contributed by atoms with Crippen molar-refractivity contribution in [1.29, 1.82) is 0 Å². The number of carbonyl (C=O) groups excluding carboxylic acids is 1. The number of aryl methyl sites for hydroxylation is 1. The summed E-state index contributed by atoms with van der Waals surface area (Å²) < 4.78 is 5.36. The Morgan fingerprint density at radius 1 is 1.30 bits per heavy atom. The van der Waals surface area contributed by atoms with Gasteiger partial charge in [0.05, 0.1) is 6.10 Å². The lowest BCUT2D eigenvalue weighted by Gasteiger charge is -2.34. The zero-order chi connectivity index (χ0) is 15.0. The fourth-order valence-electron chi connectivity index (χ4n) is 3.51. The molecule has 0 unspecified atom stereocenters. The number of nitrogens with zero attached hydrogens (tertiary/aromatic N) is 2. The number of nitrogens with two attached hydrogens (primary N) is 1. The average Bonchev–Trinajstić information content (AvgIpc) is 2.89. The second-order valence-corrected chi connectivity index (χ2v) is 6.24. The first kappa shape index (κ1) is 20.2. The van der Waals surface area contributed by atoms with Gasteiger partial charge in [0.15, 0.2) is 0 Å². The van der Waals surface area contributed by atoms with Gasteiger partial charge in [0.2, 0.25) is 5.91 Å². The number of hydrogen-bond donors (Lipinski definition) is 1. The van der Waals surface area contributed by atoms with Gasteiger partial charge in [-0.2, -0.15) is 0 Å². The van der Waals surface area contributed by atoms with Crippen LogP contribution in [0.15, 0.2) is 12.3 Å². The minimum absolute atomic E-state index is 0. The Kier molecular flexibility index (Phi) is 7.27. The number of carbonyl (C=O) groups is 1. The van der Waals surface area contributed by atoms with Crippen LogP contribution in [0.5, 0.6) is 0 Å². The lowest BCUT2D eigenvalue weighted by Crippen LogP contribution is -2.45. The van der Waals surface area contributed by atoms with Crippen LogP contribution in [-0.4, -0.2) is 35.0 Å². The summed E-state index contributed by atoms with van der Waals surface area (Å²) in [6.07, 6.45) is 4.45. The summed E-state index contributed by atoms with van der Waals surface area (Å²) in [4.78, 5) is 19.0. The largest absolute Gasteiger partial charge is 0.380 e. The molecule has 0 spiro atoms. The number of hydrogen-bond acceptors (Lipinski definition) is 4. The number of ether oxygens (including phenoxy) is 1. The van der Waals surface area contributed by atoms with E-state index in [1.807, 2.05) is 18.0 Å². The van der Waals surface area contributed by atoms with E-state index in [0.717, 1.165) is 25.0 Å². The van der Waals surface area contributed by atoms with Gasteiger partial charge in [-0.1, -0.05) is 0 Å². The van der Waals surface area contributed by atoms with Crippen LogP contribution in [0.2, 0.25) is 0 Å². The summed E-state index contributed by atoms with van der Waals surface area (Å²) in [7, 11) is 1.69. The van der Waals surface area contributed by atoms with Crippen molar-refractivity contribution in [3.8, 4) is 0 Å². The molecule has 2 heterocycles. The molecule has 1 aliphatic carbocycles. The van der Waals surface area contributed by atoms with Gasteiger partial charge in [-0.15, -0.1) is 24.8 Å². The van der Waals surface area contributed by atoms with Gasteiger partial charge >= 0.3 is 0 Å². The third-order valence-electron chi connectivity index (χ3n) is 4.74. The Morgan fingerprint density at radius 2 is 2.00 bits per heavy atom. The highest BCUT2D eigenvalue weighted by Gasteiger charge is 2.35. The Hall–Kier alpha value is -0.880. The molecule has 5 nitrogen and oxygen atoms in total. The molecule has 3 rings (SSSR count). The molecule has 2 N–H and O–H groups in total. The smallest absolute Gasteiger partial charge is 0.226 e. The fraction of sp³-hybridized carbons (Fsp3) is 0.625. The number of fused-ring (bicyclic) bond motifs is 1. The maximum absolute atomic E-state index is 12.7. The van der Waals surface area contributed by atoms with Gasteiger partial charge in [0, 0.05) is 44.0 Å². The van der Waals surface area contributed by atoms with E-state index in [0.29, 0.717) is 13.1 Å². The molecule has 2 aliphatic rings. The molecule has 1 aromatic heterocycles. The van der Waals surface area contributed by atoms with Crippen molar-refractivity contribution >= 4 is 30.7 Å². The first-order chi connectivity index (χ1) is 10.1. The summed E-state index contributed by atoms with van der Waals surface area (Å²) in [6.45, 7) is 3.37. The van der Waals surface area contributed by atoms with Crippen molar-refractivity contribution in [1.82, 2.24) is 9.88 Å². The van der Waals surface area contributed by atoms with E-state index >= 15 is 0 Å². The second kappa shape index (κ2) is 8.29. The van der Waals surface area contributed by atoms with Crippen LogP contribution in [0.4, 0.5) is 0 Å². The summed E-state index contributed by atoms with van der Waals surface area (Å²) in [6, 6.07) is 2.04. The Morgan fingerprint density at radius 3 is 2.65 bits per heavy atom. The highest BCUT2D eigenvalue weighted by Crippen LogP contribution is 2.30. The fourth-order valence-corrected chi connectivity index (χ4v) is 3.51. The SMILES string of the molecule is CO[C@@H]1CC[C@H](C(=O)N2Cc3cnc(C)cc3C2)C[C@H]1N.Cl.Cl. The molecular weight excluding hydrogens is 337 g/mol. The molecule has 1 fully saturated rings. The summed E-state index contributed by atoms with van der Waals surface area (Å²) in [5, 5.41) is 0. The Balaban J connectivity index is 0.00000132. The maximum atomic E-state index is 12.7. The number of aromatic nitrogens is 1. The van der Waals surface area contributed by atoms with Crippen LogP contribution in [0.1, 0.15) is 36.1 Å². The summed E-state index contributed by atoms with van der Waals surface area (Å²) in [5.41, 5.74) is 9.52. The van der Waals surface area contributed by atoms with Crippen molar-refractivity contribution in [2.45, 2.75) is 51.4 Å². The van der Waals surface area contributed by atoms with Crippen LogP contribution in [0.3, 0.4) is 0 Å². The number of pyridine rings is 1. The predicted molar refractivity (Wildman–Crippen MR) is 93.8 cm³/mol. The first-order valence-electron chi connectivity index (χ1n) is 7.60. The van der Waals surface area contributed by atoms with E-state index in [1.54, 1.807) is 7.11 Å². The monoisotopic (exact) mass is 361 g/mol. The van der Waals surface area contributed by atoms with E-state index in [9.17, 15) is 4.79 Å². The molecule has 3 atom stereocenters. The topological polar surface area (TPSA) is 68.5 Å². The standard InChI is InChI=1S/C16H23N3O2.2ClH/c1-10-5-12-8-19(9-13(12)7-18-10)16(20)11-3-4-15(21-2)14(17)6-11;;/h5,7,11,14-15H,3-4,6,8-9,17H2,1-2H3;2*1H/t11-,14+,15+;;/m0../s1. The molecule has 23 heavy (non-hydrogen) atoms. The molecular formula is C16H25Cl2N3O2. The van der Waals surface area contributed by atoms with Crippen molar-refractivity contribution in [3.63, 3.8) is 0 Å². The van der Waals surface area contributed by atoms with Crippen molar-refractivity contribution in [2.24, 2.45) is 11.7 Å². The molecule has 1 amide bonds. The zero-order valence-electron chi connectivity index (χ0n) is 13.5. The lowest BCUT2D eigenvalue weighted by molar-refractivity contribution is -0.138. The molecule has 7 heteroatoms. The molecule has 1 aliphatic heterocycles. The van der Waals surface area contributed by atoms with Crippen LogP contribution < -0.4 is 5.73 Å². The predicted octanol–water partition coefficient (Wildman–Crippen LogP) is 2.22. The minimum atomic E-state index is -0.0356. The molecule has 0 bridgehead atoms. The Bertz CT molecular complexity index is 556. The van der Waals surface area contributed by atoms with E-state index in [1.165, 1.54) is 11.1 Å². The quantitative estimate of drug-likeness (QED) is 0.876. The highest BCUT2D eigenvalue weighted by atomic mass is 35.5. The van der Waals surface area contributed by atoms with E-state index < -0.39 is 0 Å². The zero-order valence-corrected chi connectivity index (χ0v) is 15.2. The van der Waals surface area contributed by atoms with Gasteiger partial charge in [-0.3, -0.25) is 9.78 Å². The highest BCUT2D eigenvalue weighted by molar-refractivity contribution is 5.85. The van der Waals surface area contributed by atoms with Crippen molar-refractivity contribution in [2.75, 3.05) is 7.11 Å². The van der Waals surface area contributed by atoms with Crippen LogP contribution >= 0.6 is 24.8 Å². The molecule has 1 saturated carbocycles. The van der Waals surface area contributed by atoms with Crippen molar-refractivity contribution in [3.05, 3.63) is 29.1 Å². The van der Waals surface area contributed by atoms with Crippen molar-refractivity contribution < 1.29 is 9.53 Å². The van der Waals surface area contributed by atoms with Gasteiger partial charge in [0.25, 0.3) is 0 Å². The van der Waals surface area contributed by atoms with Gasteiger partial charge < -0.3 is 15.4 Å². The lowest BCUT2D eigenvalue weighted by atomic mass is 9.83. The van der Waals surface area contributed by atoms with Gasteiger partial charge in [-0.05, 0) is 43.4 Å². The first-order valence-corrected chi connectivity index (χ1v) is 7.60. The third-order valence-corrected chi connectivity index (χ3v) is 4.74. The number of halogens is 2. The van der Waals surface area contributed by atoms with Gasteiger partial charge in [0.1, 0.15) is 0 Å². The average molecular weight is 362 g/mol. The molecule has 0 aromatic carbocycles. The van der Waals surface area contributed by atoms with Gasteiger partial charge in [-0.25, -0.2) is 0 Å². The van der Waals surface area contributed by atoms with Crippen LogP contribution in [0.25, 0.3) is 0 Å². The van der Waals surface area contributed by atoms with Crippen LogP contribution in [0, 0.1) is 12.8 Å². The van der Waals surface area contributed by atoms with Crippen LogP contribution in [-0.2, 0) is 22.6 Å². The van der Waals surface area contributed by atoms with E-state index in [-0.39, 0.29) is 48.8 Å². The minimum Gasteiger partial charge on any atom is -0.380 e. The van der Waals surface area contributed by atoms with E-state index in [2.05, 4.69) is 11.1 Å². The second-order valence-electron chi connectivity index (χ2n) is 6.24. The molecule has 1 aromatic rings. The molecule has 0 saturated heterocycles. The normalized spacial score (nSPS) is 26.0. The molecule has 0 radical (unpaired) electrons. The number of amides is 1. The van der Waals surface area contributed by atoms with E-state index in [4.69, 9.17) is 10.5 Å². The number of methoxy groups -OCH3 is 1.